The molecule has 0 radical (unpaired) electrons. The van der Waals surface area contributed by atoms with Crippen LogP contribution in [0.3, 0.4) is 0 Å². The average Bonchev–Trinajstić information content (AvgIpc) is 4.00. The molecule has 2 saturated heterocycles. The number of anilines is 2. The quantitative estimate of drug-likeness (QED) is 0.0245. The van der Waals surface area contributed by atoms with Gasteiger partial charge in [-0.2, -0.15) is 0 Å². The molecule has 5 rings (SSSR count). The predicted octanol–water partition coefficient (Wildman–Crippen LogP) is 10.1. The molecule has 2 aliphatic rings. The van der Waals surface area contributed by atoms with Gasteiger partial charge in [-0.25, -0.2) is 4.79 Å². The summed E-state index contributed by atoms with van der Waals surface area (Å²) in [5.41, 5.74) is 11.5. The van der Waals surface area contributed by atoms with E-state index < -0.39 is 26.4 Å². The van der Waals surface area contributed by atoms with Gasteiger partial charge in [-0.1, -0.05) is 90.1 Å². The van der Waals surface area contributed by atoms with Crippen LogP contribution in [0.5, 0.6) is 17.2 Å². The number of nitrogen functional groups attached to an aromatic ring is 1. The normalized spacial score (nSPS) is 16.3. The van der Waals surface area contributed by atoms with Gasteiger partial charge in [0.1, 0.15) is 18.1 Å². The number of carbonyl (C=O) groups excluding carboxylic acids is 6. The fraction of sp³-hybridized carbons (Fsp3) is 0.548. The Morgan fingerprint density at radius 1 is 0.790 bits per heavy atom. The summed E-state index contributed by atoms with van der Waals surface area (Å²) in [6.07, 6.45) is 1.93. The third kappa shape index (κ3) is 18.5. The molecule has 4 atom stereocenters. The minimum atomic E-state index is -2.04. The number of nitrogens with one attached hydrogen (secondary N) is 2. The summed E-state index contributed by atoms with van der Waals surface area (Å²) in [6, 6.07) is 12.5. The maximum absolute atomic E-state index is 14.3. The minimum Gasteiger partial charge on any atom is -0.493 e. The molecular formula is C62H89N5O13Si. The van der Waals surface area contributed by atoms with Crippen molar-refractivity contribution in [3.05, 3.63) is 101 Å². The molecule has 18 nitrogen and oxygen atoms in total. The molecule has 2 fully saturated rings. The molecule has 0 aliphatic carbocycles. The summed E-state index contributed by atoms with van der Waals surface area (Å²) < 4.78 is 40.6. The SMILES string of the molecule is C=C1C[C@@H](CO[Si](C)(C)C(C)(C)C)N(C(=O)c2cc(C)c(OCCCOc3cc(NC(=O)OCc4ccc(CC(=O)[C@H](C)NC(=O)[C@@H](CC(=O)CCOCCOC)C(C)C)cc4)c(C(=O)N4CC(=C)C[C@H]4CC)cc3OC)cc2N)C1. The van der Waals surface area contributed by atoms with Gasteiger partial charge < -0.3 is 53.7 Å². The van der Waals surface area contributed by atoms with Crippen LogP contribution in [0, 0.1) is 18.8 Å². The Bertz CT molecular complexity index is 2720. The number of hydrogen-bond donors (Lipinski definition) is 3. The van der Waals surface area contributed by atoms with Crippen molar-refractivity contribution in [2.75, 3.05) is 78.0 Å². The van der Waals surface area contributed by atoms with Gasteiger partial charge in [-0.15, -0.1) is 0 Å². The van der Waals surface area contributed by atoms with E-state index in [1.54, 1.807) is 67.5 Å². The van der Waals surface area contributed by atoms with Crippen molar-refractivity contribution in [3.63, 3.8) is 0 Å². The van der Waals surface area contributed by atoms with Gasteiger partial charge >= 0.3 is 6.09 Å². The number of nitrogens with zero attached hydrogens (tertiary/aromatic N) is 2. The number of Topliss-reactive ketones (excluding diaryl/α,β-unsaturated/α-hetero) is 2. The Morgan fingerprint density at radius 2 is 1.41 bits per heavy atom. The Kier molecular flexibility index (Phi) is 24.1. The number of hydrogen-bond acceptors (Lipinski definition) is 14. The lowest BCUT2D eigenvalue weighted by Crippen LogP contribution is -2.46. The molecule has 0 spiro atoms. The Hall–Kier alpha value is -6.54. The molecule has 444 valence electrons. The number of methoxy groups -OCH3 is 2. The van der Waals surface area contributed by atoms with E-state index in [-0.39, 0.29) is 121 Å². The van der Waals surface area contributed by atoms with Gasteiger partial charge in [0.15, 0.2) is 25.6 Å². The van der Waals surface area contributed by atoms with Crippen molar-refractivity contribution in [2.45, 2.75) is 143 Å². The van der Waals surface area contributed by atoms with Crippen LogP contribution < -0.4 is 30.6 Å². The number of carbonyl (C=O) groups is 6. The van der Waals surface area contributed by atoms with Crippen molar-refractivity contribution in [1.82, 2.24) is 15.1 Å². The predicted molar refractivity (Wildman–Crippen MR) is 317 cm³/mol. The highest BCUT2D eigenvalue weighted by Crippen LogP contribution is 2.39. The van der Waals surface area contributed by atoms with Crippen LogP contribution in [0.15, 0.2) is 72.8 Å². The lowest BCUT2D eigenvalue weighted by atomic mass is 9.88. The molecule has 3 aromatic rings. The Morgan fingerprint density at radius 3 is 2.02 bits per heavy atom. The lowest BCUT2D eigenvalue weighted by molar-refractivity contribution is -0.133. The highest BCUT2D eigenvalue weighted by atomic mass is 28.4. The van der Waals surface area contributed by atoms with E-state index in [0.717, 1.165) is 16.7 Å². The molecule has 4 amide bonds. The van der Waals surface area contributed by atoms with E-state index in [2.05, 4.69) is 57.7 Å². The number of ketones is 2. The van der Waals surface area contributed by atoms with Gasteiger partial charge in [0.05, 0.1) is 75.6 Å². The summed E-state index contributed by atoms with van der Waals surface area (Å²) in [5.74, 6) is -0.781. The monoisotopic (exact) mass is 1140 g/mol. The number of nitrogens with two attached hydrogens (primary N) is 1. The number of likely N-dealkylation sites (tertiary alicyclic amines) is 2. The minimum absolute atomic E-state index is 0.0352. The fourth-order valence-electron chi connectivity index (χ4n) is 9.37. The average molecular weight is 1140 g/mol. The van der Waals surface area contributed by atoms with Crippen molar-refractivity contribution in [3.8, 4) is 17.2 Å². The Labute approximate surface area is 480 Å². The van der Waals surface area contributed by atoms with Gasteiger partial charge in [0, 0.05) is 75.7 Å². The van der Waals surface area contributed by atoms with Gasteiger partial charge in [-0.05, 0) is 86.0 Å². The summed E-state index contributed by atoms with van der Waals surface area (Å²) in [6.45, 7) is 31.1. The highest BCUT2D eigenvalue weighted by Gasteiger charge is 2.40. The molecule has 3 aromatic carbocycles. The molecule has 0 unspecified atom stereocenters. The van der Waals surface area contributed by atoms with Gasteiger partial charge in [0.2, 0.25) is 5.91 Å². The van der Waals surface area contributed by atoms with Gasteiger partial charge in [-0.3, -0.25) is 29.3 Å². The molecule has 2 aliphatic heterocycles. The molecule has 0 aromatic heterocycles. The second-order valence-corrected chi connectivity index (χ2v) is 28.0. The summed E-state index contributed by atoms with van der Waals surface area (Å²) in [4.78, 5) is 84.5. The van der Waals surface area contributed by atoms with Crippen molar-refractivity contribution >= 4 is 55.1 Å². The first-order valence-corrected chi connectivity index (χ1v) is 31.1. The van der Waals surface area contributed by atoms with Crippen LogP contribution >= 0.6 is 0 Å². The summed E-state index contributed by atoms with van der Waals surface area (Å²) in [5, 5.41) is 5.61. The van der Waals surface area contributed by atoms with E-state index in [1.165, 1.54) is 7.11 Å². The van der Waals surface area contributed by atoms with E-state index in [0.29, 0.717) is 86.7 Å². The third-order valence-corrected chi connectivity index (χ3v) is 20.0. The largest absolute Gasteiger partial charge is 0.493 e. The molecule has 2 heterocycles. The van der Waals surface area contributed by atoms with Crippen LogP contribution in [0.4, 0.5) is 16.2 Å². The summed E-state index contributed by atoms with van der Waals surface area (Å²) in [7, 11) is 0.995. The smallest absolute Gasteiger partial charge is 0.411 e. The zero-order valence-electron chi connectivity index (χ0n) is 50.0. The summed E-state index contributed by atoms with van der Waals surface area (Å²) >= 11 is 0. The van der Waals surface area contributed by atoms with Crippen LogP contribution in [-0.2, 0) is 46.0 Å². The number of amides is 4. The molecular weight excluding hydrogens is 1050 g/mol. The molecule has 4 N–H and O–H groups in total. The van der Waals surface area contributed by atoms with Crippen molar-refractivity contribution < 1.29 is 61.6 Å². The van der Waals surface area contributed by atoms with Crippen LogP contribution in [0.1, 0.15) is 124 Å². The maximum Gasteiger partial charge on any atom is 0.411 e. The van der Waals surface area contributed by atoms with Crippen molar-refractivity contribution in [1.29, 1.82) is 0 Å². The van der Waals surface area contributed by atoms with Crippen LogP contribution in [-0.4, -0.2) is 139 Å². The number of benzene rings is 3. The zero-order chi connectivity index (χ0) is 59.8. The zero-order valence-corrected chi connectivity index (χ0v) is 51.0. The first kappa shape index (κ1) is 65.3. The van der Waals surface area contributed by atoms with Crippen LogP contribution in [0.2, 0.25) is 18.1 Å². The fourth-order valence-corrected chi connectivity index (χ4v) is 10.4. The second-order valence-electron chi connectivity index (χ2n) is 23.2. The maximum atomic E-state index is 14.3. The molecule has 19 heteroatoms. The molecule has 81 heavy (non-hydrogen) atoms. The standard InChI is InChI=1S/C62H89N5O13Si/c1-15-46-27-40(4)35-66(46)60(72)51-32-56(75-12)57(78-23-16-22-77-55-33-52(63)50(29-42(55)6)59(71)67-36-41(5)28-47(67)38-80-81(13,14)62(8,9)10)34-53(51)65-61(73)79-37-45-19-17-44(18-20-45)30-54(69)43(7)64-58(70)49(39(2)3)31-48(68)21-24-76-26-25-74-11/h17-20,29,32-34,39,43,46-47,49H,4-5,15-16,21-28,30-31,35-38,63H2,1-3,6-14H3,(H,64,70)(H,65,73)/t43-,46+,47-,49-/m0/s1. The second kappa shape index (κ2) is 30.0. The van der Waals surface area contributed by atoms with E-state index >= 15 is 0 Å². The molecule has 0 bridgehead atoms. The topological polar surface area (TPSA) is 224 Å². The Balaban J connectivity index is 1.19. The van der Waals surface area contributed by atoms with Crippen LogP contribution in [0.25, 0.3) is 0 Å². The number of aryl methyl sites for hydroxylation is 1. The number of rotatable bonds is 30. The van der Waals surface area contributed by atoms with Gasteiger partial charge in [0.25, 0.3) is 11.8 Å². The first-order chi connectivity index (χ1) is 38.3. The van der Waals surface area contributed by atoms with E-state index in [1.807, 2.05) is 32.6 Å². The highest BCUT2D eigenvalue weighted by molar-refractivity contribution is 6.74. The first-order valence-electron chi connectivity index (χ1n) is 28.2. The number of ether oxygens (including phenoxy) is 6. The lowest BCUT2D eigenvalue weighted by Gasteiger charge is -2.38. The third-order valence-electron chi connectivity index (χ3n) is 15.5. The van der Waals surface area contributed by atoms with E-state index in [4.69, 9.17) is 38.6 Å². The molecule has 0 saturated carbocycles. The van der Waals surface area contributed by atoms with Crippen molar-refractivity contribution in [2.24, 2.45) is 11.8 Å². The van der Waals surface area contributed by atoms with E-state index in [9.17, 15) is 28.8 Å².